The highest BCUT2D eigenvalue weighted by atomic mass is 16.5. The summed E-state index contributed by atoms with van der Waals surface area (Å²) in [6, 6.07) is 11.6. The lowest BCUT2D eigenvalue weighted by molar-refractivity contribution is 0.311. The fourth-order valence-electron chi connectivity index (χ4n) is 2.48. The van der Waals surface area contributed by atoms with Gasteiger partial charge in [0.15, 0.2) is 17.5 Å². The second-order valence-corrected chi connectivity index (χ2v) is 5.77. The molecule has 0 fully saturated rings. The van der Waals surface area contributed by atoms with E-state index in [4.69, 9.17) is 9.47 Å². The lowest BCUT2D eigenvalue weighted by Crippen LogP contribution is -2.31. The zero-order chi connectivity index (χ0) is 19.3. The molecule has 1 aromatic carbocycles. The van der Waals surface area contributed by atoms with Crippen molar-refractivity contribution in [3.05, 3.63) is 42.6 Å². The van der Waals surface area contributed by atoms with E-state index < -0.39 is 0 Å². The molecule has 146 valence electrons. The van der Waals surface area contributed by atoms with E-state index in [0.29, 0.717) is 12.4 Å². The van der Waals surface area contributed by atoms with Crippen LogP contribution in [0.15, 0.2) is 47.6 Å². The topological polar surface area (TPSA) is 79.8 Å². The molecular formula is C20H29N5O2. The van der Waals surface area contributed by atoms with Crippen LogP contribution in [0.25, 0.3) is 0 Å². The summed E-state index contributed by atoms with van der Waals surface area (Å²) in [6.45, 7) is 4.27. The van der Waals surface area contributed by atoms with Gasteiger partial charge in [0.1, 0.15) is 5.82 Å². The maximum Gasteiger partial charge on any atom is 0.195 e. The third kappa shape index (κ3) is 7.05. The maximum absolute atomic E-state index is 5.54. The number of aromatic nitrogens is 1. The molecule has 0 saturated heterocycles. The predicted octanol–water partition coefficient (Wildman–Crippen LogP) is 3.37. The van der Waals surface area contributed by atoms with Gasteiger partial charge in [0.25, 0.3) is 0 Å². The molecule has 0 aliphatic heterocycles. The third-order valence-electron chi connectivity index (χ3n) is 3.82. The van der Waals surface area contributed by atoms with Gasteiger partial charge < -0.3 is 25.4 Å². The zero-order valence-corrected chi connectivity index (χ0v) is 16.3. The molecule has 0 aliphatic rings. The highest BCUT2D eigenvalue weighted by molar-refractivity contribution is 5.93. The average Bonchev–Trinajstić information content (AvgIpc) is 2.71. The van der Waals surface area contributed by atoms with Crippen LogP contribution in [0.1, 0.15) is 19.8 Å². The Balaban J connectivity index is 1.72. The van der Waals surface area contributed by atoms with Crippen LogP contribution < -0.4 is 25.4 Å². The van der Waals surface area contributed by atoms with Gasteiger partial charge in [0, 0.05) is 38.1 Å². The largest absolute Gasteiger partial charge is 0.493 e. The average molecular weight is 371 g/mol. The Labute approximate surface area is 161 Å². The van der Waals surface area contributed by atoms with E-state index in [1.165, 1.54) is 0 Å². The number of unbranched alkanes of at least 4 members (excludes halogenated alkanes) is 1. The van der Waals surface area contributed by atoms with E-state index >= 15 is 0 Å². The van der Waals surface area contributed by atoms with Gasteiger partial charge in [-0.05, 0) is 44.0 Å². The number of pyridine rings is 1. The second-order valence-electron chi connectivity index (χ2n) is 5.77. The lowest BCUT2D eigenvalue weighted by atomic mass is 10.2. The Morgan fingerprint density at radius 2 is 1.96 bits per heavy atom. The van der Waals surface area contributed by atoms with Crippen LogP contribution in [0, 0.1) is 0 Å². The Hall–Kier alpha value is -2.96. The summed E-state index contributed by atoms with van der Waals surface area (Å²) in [7, 11) is 3.39. The van der Waals surface area contributed by atoms with Crippen LogP contribution in [0.5, 0.6) is 11.5 Å². The minimum Gasteiger partial charge on any atom is -0.493 e. The number of rotatable bonds is 10. The van der Waals surface area contributed by atoms with Crippen molar-refractivity contribution in [1.82, 2.24) is 10.3 Å². The van der Waals surface area contributed by atoms with Crippen LogP contribution in [0.2, 0.25) is 0 Å². The smallest absolute Gasteiger partial charge is 0.195 e. The Morgan fingerprint density at radius 3 is 2.67 bits per heavy atom. The van der Waals surface area contributed by atoms with Crippen LogP contribution in [0.4, 0.5) is 11.5 Å². The first-order chi connectivity index (χ1) is 13.3. The standard InChI is InChI=1S/C20H29N5O2/c1-4-27-17-11-10-16(15-18(17)26-3)25-20(21-2)24-14-8-7-13-23-19-9-5-6-12-22-19/h5-6,9-12,15H,4,7-8,13-14H2,1-3H3,(H,22,23)(H2,21,24,25). The van der Waals surface area contributed by atoms with E-state index in [0.717, 1.165) is 49.1 Å². The summed E-state index contributed by atoms with van der Waals surface area (Å²) < 4.78 is 10.9. The van der Waals surface area contributed by atoms with Crippen LogP contribution in [0.3, 0.4) is 0 Å². The molecule has 0 aliphatic carbocycles. The van der Waals surface area contributed by atoms with E-state index in [1.807, 2.05) is 43.3 Å². The fourth-order valence-corrected chi connectivity index (χ4v) is 2.48. The van der Waals surface area contributed by atoms with Crippen molar-refractivity contribution < 1.29 is 9.47 Å². The van der Waals surface area contributed by atoms with E-state index in [9.17, 15) is 0 Å². The molecule has 1 heterocycles. The van der Waals surface area contributed by atoms with Crippen LogP contribution in [-0.4, -0.2) is 44.8 Å². The first kappa shape index (κ1) is 20.4. The molecule has 1 aromatic heterocycles. The SMILES string of the molecule is CCOc1ccc(NC(=NC)NCCCCNc2ccccn2)cc1OC. The number of anilines is 2. The van der Waals surface area contributed by atoms with E-state index in [-0.39, 0.29) is 0 Å². The summed E-state index contributed by atoms with van der Waals surface area (Å²) in [4.78, 5) is 8.50. The number of hydrogen-bond acceptors (Lipinski definition) is 5. The number of methoxy groups -OCH3 is 1. The fraction of sp³-hybridized carbons (Fsp3) is 0.400. The highest BCUT2D eigenvalue weighted by Crippen LogP contribution is 2.30. The quantitative estimate of drug-likeness (QED) is 0.338. The number of ether oxygens (including phenoxy) is 2. The van der Waals surface area contributed by atoms with Crippen LogP contribution >= 0.6 is 0 Å². The van der Waals surface area contributed by atoms with Gasteiger partial charge in [-0.15, -0.1) is 0 Å². The molecule has 3 N–H and O–H groups in total. The highest BCUT2D eigenvalue weighted by Gasteiger charge is 2.06. The molecule has 7 heteroatoms. The van der Waals surface area contributed by atoms with E-state index in [1.54, 1.807) is 20.4 Å². The van der Waals surface area contributed by atoms with Crippen molar-refractivity contribution in [2.45, 2.75) is 19.8 Å². The number of benzene rings is 1. The van der Waals surface area contributed by atoms with Crippen molar-refractivity contribution in [2.75, 3.05) is 44.5 Å². The molecule has 7 nitrogen and oxygen atoms in total. The first-order valence-electron chi connectivity index (χ1n) is 9.20. The molecule has 2 rings (SSSR count). The number of nitrogens with one attached hydrogen (secondary N) is 3. The number of guanidine groups is 1. The molecule has 0 bridgehead atoms. The Kier molecular flexibility index (Phi) is 8.76. The van der Waals surface area contributed by atoms with Gasteiger partial charge in [0.05, 0.1) is 13.7 Å². The predicted molar refractivity (Wildman–Crippen MR) is 111 cm³/mol. The van der Waals surface area contributed by atoms with E-state index in [2.05, 4.69) is 25.9 Å². The summed E-state index contributed by atoms with van der Waals surface area (Å²) in [5.41, 5.74) is 0.889. The number of nitrogens with zero attached hydrogens (tertiary/aromatic N) is 2. The number of aliphatic imine (C=N–C) groups is 1. The van der Waals surface area contributed by atoms with Gasteiger partial charge in [-0.2, -0.15) is 0 Å². The van der Waals surface area contributed by atoms with Gasteiger partial charge in [0.2, 0.25) is 0 Å². The molecule has 0 saturated carbocycles. The van der Waals surface area contributed by atoms with Gasteiger partial charge >= 0.3 is 0 Å². The van der Waals surface area contributed by atoms with Gasteiger partial charge in [-0.1, -0.05) is 6.07 Å². The summed E-state index contributed by atoms with van der Waals surface area (Å²) in [5, 5.41) is 9.89. The van der Waals surface area contributed by atoms with Crippen molar-refractivity contribution in [2.24, 2.45) is 4.99 Å². The van der Waals surface area contributed by atoms with Gasteiger partial charge in [-0.25, -0.2) is 4.98 Å². The first-order valence-corrected chi connectivity index (χ1v) is 9.20. The van der Waals surface area contributed by atoms with Crippen molar-refractivity contribution in [3.63, 3.8) is 0 Å². The summed E-state index contributed by atoms with van der Waals surface area (Å²) >= 11 is 0. The molecule has 0 unspecified atom stereocenters. The third-order valence-corrected chi connectivity index (χ3v) is 3.82. The minimum atomic E-state index is 0.599. The van der Waals surface area contributed by atoms with Gasteiger partial charge in [-0.3, -0.25) is 4.99 Å². The molecule has 0 amide bonds. The number of hydrogen-bond donors (Lipinski definition) is 3. The molecule has 0 spiro atoms. The minimum absolute atomic E-state index is 0.599. The molecule has 27 heavy (non-hydrogen) atoms. The van der Waals surface area contributed by atoms with Crippen molar-refractivity contribution >= 4 is 17.5 Å². The normalized spacial score (nSPS) is 11.0. The molecule has 0 atom stereocenters. The summed E-state index contributed by atoms with van der Waals surface area (Å²) in [5.74, 6) is 3.05. The zero-order valence-electron chi connectivity index (χ0n) is 16.3. The van der Waals surface area contributed by atoms with Crippen molar-refractivity contribution in [1.29, 1.82) is 0 Å². The summed E-state index contributed by atoms with van der Waals surface area (Å²) in [6.07, 6.45) is 3.85. The molecule has 0 radical (unpaired) electrons. The second kappa shape index (κ2) is 11.6. The van der Waals surface area contributed by atoms with Crippen LogP contribution in [-0.2, 0) is 0 Å². The maximum atomic E-state index is 5.54. The monoisotopic (exact) mass is 371 g/mol. The molecular weight excluding hydrogens is 342 g/mol. The Bertz CT molecular complexity index is 707. The molecule has 2 aromatic rings. The lowest BCUT2D eigenvalue weighted by Gasteiger charge is -2.14. The van der Waals surface area contributed by atoms with Crippen molar-refractivity contribution in [3.8, 4) is 11.5 Å². The Morgan fingerprint density at radius 1 is 1.11 bits per heavy atom.